The lowest BCUT2D eigenvalue weighted by Crippen LogP contribution is -2.38. The second-order valence-electron chi connectivity index (χ2n) is 6.47. The van der Waals surface area contributed by atoms with Crippen molar-refractivity contribution in [3.63, 3.8) is 0 Å². The topological polar surface area (TPSA) is 45.2 Å². The van der Waals surface area contributed by atoms with Crippen molar-refractivity contribution in [2.24, 2.45) is 5.92 Å². The van der Waals surface area contributed by atoms with Crippen LogP contribution in [0.15, 0.2) is 10.7 Å². The van der Waals surface area contributed by atoms with Gasteiger partial charge < -0.3 is 9.80 Å². The van der Waals surface area contributed by atoms with E-state index in [1.165, 1.54) is 45.3 Å². The first-order valence-corrected chi connectivity index (χ1v) is 10.5. The molecule has 124 valence electrons. The number of nitrogens with zero attached hydrogens (tertiary/aromatic N) is 5. The Morgan fingerprint density at radius 2 is 1.96 bits per heavy atom. The Hall–Kier alpha value is -0.920. The SMILES string of the molecule is CSc1nc2ncnc(N3CCC(CN4CCCC4)CC3)c2s1. The number of anilines is 1. The average Bonchev–Trinajstić information content (AvgIpc) is 3.24. The van der Waals surface area contributed by atoms with E-state index >= 15 is 0 Å². The number of fused-ring (bicyclic) bond motifs is 1. The molecule has 0 N–H and O–H groups in total. The number of hydrogen-bond donors (Lipinski definition) is 0. The van der Waals surface area contributed by atoms with Crippen LogP contribution in [0, 0.1) is 5.92 Å². The van der Waals surface area contributed by atoms with E-state index in [1.807, 2.05) is 0 Å². The number of thiazole rings is 1. The van der Waals surface area contributed by atoms with Gasteiger partial charge >= 0.3 is 0 Å². The Morgan fingerprint density at radius 3 is 2.70 bits per heavy atom. The van der Waals surface area contributed by atoms with Gasteiger partial charge in [-0.2, -0.15) is 0 Å². The standard InChI is InChI=1S/C16H23N5S2/c1-22-16-19-14-13(23-16)15(18-11-17-14)21-8-4-12(5-9-21)10-20-6-2-3-7-20/h11-12H,2-10H2,1H3. The lowest BCUT2D eigenvalue weighted by molar-refractivity contribution is 0.249. The highest BCUT2D eigenvalue weighted by Crippen LogP contribution is 2.34. The van der Waals surface area contributed by atoms with Crippen molar-refractivity contribution in [1.82, 2.24) is 19.9 Å². The summed E-state index contributed by atoms with van der Waals surface area (Å²) in [5.74, 6) is 1.94. The molecule has 0 aromatic carbocycles. The van der Waals surface area contributed by atoms with Crippen molar-refractivity contribution in [1.29, 1.82) is 0 Å². The molecule has 7 heteroatoms. The van der Waals surface area contributed by atoms with Crippen LogP contribution in [0.25, 0.3) is 10.3 Å². The van der Waals surface area contributed by atoms with Crippen molar-refractivity contribution in [3.05, 3.63) is 6.33 Å². The van der Waals surface area contributed by atoms with Crippen LogP contribution < -0.4 is 4.90 Å². The molecule has 2 aromatic heterocycles. The molecule has 0 saturated carbocycles. The number of rotatable bonds is 4. The van der Waals surface area contributed by atoms with Gasteiger partial charge in [0, 0.05) is 19.6 Å². The molecule has 0 aliphatic carbocycles. The van der Waals surface area contributed by atoms with E-state index in [4.69, 9.17) is 0 Å². The molecule has 0 bridgehead atoms. The largest absolute Gasteiger partial charge is 0.355 e. The molecule has 0 unspecified atom stereocenters. The van der Waals surface area contributed by atoms with Crippen LogP contribution in [-0.2, 0) is 0 Å². The van der Waals surface area contributed by atoms with E-state index in [-0.39, 0.29) is 0 Å². The summed E-state index contributed by atoms with van der Waals surface area (Å²) >= 11 is 3.41. The minimum atomic E-state index is 0.851. The molecule has 2 saturated heterocycles. The van der Waals surface area contributed by atoms with E-state index < -0.39 is 0 Å². The van der Waals surface area contributed by atoms with Crippen LogP contribution in [0.1, 0.15) is 25.7 Å². The van der Waals surface area contributed by atoms with Gasteiger partial charge in [-0.15, -0.1) is 11.3 Å². The summed E-state index contributed by atoms with van der Waals surface area (Å²) in [6.45, 7) is 6.13. The van der Waals surface area contributed by atoms with Crippen LogP contribution in [0.2, 0.25) is 0 Å². The van der Waals surface area contributed by atoms with Gasteiger partial charge in [-0.05, 0) is 50.9 Å². The summed E-state index contributed by atoms with van der Waals surface area (Å²) < 4.78 is 2.22. The summed E-state index contributed by atoms with van der Waals surface area (Å²) in [7, 11) is 0. The number of likely N-dealkylation sites (tertiary alicyclic amines) is 1. The fourth-order valence-electron chi connectivity index (χ4n) is 3.69. The molecule has 0 atom stereocenters. The minimum Gasteiger partial charge on any atom is -0.355 e. The number of piperidine rings is 1. The van der Waals surface area contributed by atoms with Crippen molar-refractivity contribution in [3.8, 4) is 0 Å². The normalized spacial score (nSPS) is 20.7. The molecule has 2 aliphatic heterocycles. The van der Waals surface area contributed by atoms with Crippen LogP contribution in [0.3, 0.4) is 0 Å². The molecule has 0 radical (unpaired) electrons. The second kappa shape index (κ2) is 6.91. The summed E-state index contributed by atoms with van der Waals surface area (Å²) in [6.07, 6.45) is 9.06. The summed E-state index contributed by atoms with van der Waals surface area (Å²) in [5.41, 5.74) is 0.851. The minimum absolute atomic E-state index is 0.851. The van der Waals surface area contributed by atoms with E-state index in [2.05, 4.69) is 31.0 Å². The second-order valence-corrected chi connectivity index (χ2v) is 8.52. The van der Waals surface area contributed by atoms with E-state index in [0.29, 0.717) is 0 Å². The predicted octanol–water partition coefficient (Wildman–Crippen LogP) is 3.12. The first kappa shape index (κ1) is 15.6. The zero-order chi connectivity index (χ0) is 15.6. The smallest absolute Gasteiger partial charge is 0.176 e. The van der Waals surface area contributed by atoms with E-state index in [1.54, 1.807) is 29.4 Å². The number of hydrogen-bond acceptors (Lipinski definition) is 7. The van der Waals surface area contributed by atoms with Crippen LogP contribution in [0.4, 0.5) is 5.82 Å². The van der Waals surface area contributed by atoms with Gasteiger partial charge in [0.1, 0.15) is 11.0 Å². The predicted molar refractivity (Wildman–Crippen MR) is 97.6 cm³/mol. The quantitative estimate of drug-likeness (QED) is 0.790. The monoisotopic (exact) mass is 349 g/mol. The van der Waals surface area contributed by atoms with Gasteiger partial charge in [0.05, 0.1) is 0 Å². The molecule has 0 spiro atoms. The zero-order valence-electron chi connectivity index (χ0n) is 13.6. The van der Waals surface area contributed by atoms with Gasteiger partial charge in [-0.3, -0.25) is 0 Å². The zero-order valence-corrected chi connectivity index (χ0v) is 15.2. The molecule has 0 amide bonds. The maximum atomic E-state index is 4.57. The van der Waals surface area contributed by atoms with E-state index in [0.717, 1.165) is 39.5 Å². The summed E-state index contributed by atoms with van der Waals surface area (Å²) in [4.78, 5) is 18.6. The van der Waals surface area contributed by atoms with Crippen molar-refractivity contribution in [2.45, 2.75) is 30.0 Å². The molecule has 2 aliphatic rings. The molecule has 4 heterocycles. The number of thioether (sulfide) groups is 1. The van der Waals surface area contributed by atoms with Crippen LogP contribution >= 0.6 is 23.1 Å². The third-order valence-corrected chi connectivity index (χ3v) is 6.98. The Balaban J connectivity index is 1.44. The molecule has 4 rings (SSSR count). The fraction of sp³-hybridized carbons (Fsp3) is 0.688. The Kier molecular flexibility index (Phi) is 4.68. The van der Waals surface area contributed by atoms with Gasteiger partial charge in [-0.25, -0.2) is 15.0 Å². The highest BCUT2D eigenvalue weighted by atomic mass is 32.2. The van der Waals surface area contributed by atoms with Gasteiger partial charge in [0.15, 0.2) is 15.8 Å². The van der Waals surface area contributed by atoms with Crippen molar-refractivity contribution < 1.29 is 0 Å². The summed E-state index contributed by atoms with van der Waals surface area (Å²) in [6, 6.07) is 0. The first-order chi connectivity index (χ1) is 11.3. The van der Waals surface area contributed by atoms with Gasteiger partial charge in [-0.1, -0.05) is 11.8 Å². The molecule has 2 fully saturated rings. The Morgan fingerprint density at radius 1 is 1.17 bits per heavy atom. The Bertz CT molecular complexity index is 660. The Labute approximate surface area is 145 Å². The molecule has 5 nitrogen and oxygen atoms in total. The van der Waals surface area contributed by atoms with E-state index in [9.17, 15) is 0 Å². The maximum absolute atomic E-state index is 4.57. The van der Waals surface area contributed by atoms with Crippen LogP contribution in [0.5, 0.6) is 0 Å². The third kappa shape index (κ3) is 3.32. The molecule has 23 heavy (non-hydrogen) atoms. The fourth-order valence-corrected chi connectivity index (χ4v) is 5.22. The van der Waals surface area contributed by atoms with Crippen molar-refractivity contribution >= 4 is 39.3 Å². The maximum Gasteiger partial charge on any atom is 0.176 e. The highest BCUT2D eigenvalue weighted by Gasteiger charge is 2.25. The molecule has 2 aromatic rings. The summed E-state index contributed by atoms with van der Waals surface area (Å²) in [5, 5.41) is 0. The van der Waals surface area contributed by atoms with Gasteiger partial charge in [0.2, 0.25) is 0 Å². The lowest BCUT2D eigenvalue weighted by Gasteiger charge is -2.34. The lowest BCUT2D eigenvalue weighted by atomic mass is 9.96. The first-order valence-electron chi connectivity index (χ1n) is 8.46. The molecular formula is C16H23N5S2. The molecular weight excluding hydrogens is 326 g/mol. The van der Waals surface area contributed by atoms with Gasteiger partial charge in [0.25, 0.3) is 0 Å². The average molecular weight is 350 g/mol. The van der Waals surface area contributed by atoms with Crippen LogP contribution in [-0.4, -0.2) is 58.8 Å². The highest BCUT2D eigenvalue weighted by molar-refractivity contribution is 8.00. The van der Waals surface area contributed by atoms with Crippen molar-refractivity contribution in [2.75, 3.05) is 43.9 Å². The third-order valence-electron chi connectivity index (χ3n) is 4.96. The number of aromatic nitrogens is 3.